The summed E-state index contributed by atoms with van der Waals surface area (Å²) < 4.78 is 94.4. The molecule has 1 heterocycles. The quantitative estimate of drug-likeness (QED) is 0.347. The lowest BCUT2D eigenvalue weighted by Gasteiger charge is -2.42. The lowest BCUT2D eigenvalue weighted by molar-refractivity contribution is -0.144. The van der Waals surface area contributed by atoms with Gasteiger partial charge in [0.05, 0.1) is 11.1 Å². The first-order valence-electron chi connectivity index (χ1n) is 14.5. The molecule has 2 N–H and O–H groups in total. The Hall–Kier alpha value is -3.84. The number of carboxylic acid groups (broad SMARTS) is 1. The maximum absolute atomic E-state index is 14.0. The van der Waals surface area contributed by atoms with Crippen molar-refractivity contribution in [1.29, 1.82) is 0 Å². The van der Waals surface area contributed by atoms with Crippen LogP contribution in [0.1, 0.15) is 65.8 Å². The number of aryl methyl sites for hydroxylation is 1. The number of hydrogen-bond acceptors (Lipinski definition) is 3. The minimum Gasteiger partial charge on any atom is -0.465 e. The summed E-state index contributed by atoms with van der Waals surface area (Å²) >= 11 is 0. The summed E-state index contributed by atoms with van der Waals surface area (Å²) in [5.74, 6) is -2.91. The number of nitrogens with zero attached hydrogens (tertiary/aromatic N) is 2. The first kappa shape index (κ1) is 34.0. The number of rotatable bonds is 6. The van der Waals surface area contributed by atoms with E-state index in [0.29, 0.717) is 48.9 Å². The van der Waals surface area contributed by atoms with Crippen molar-refractivity contribution in [1.82, 2.24) is 15.1 Å². The minimum absolute atomic E-state index is 0.0283. The van der Waals surface area contributed by atoms with Gasteiger partial charge in [0, 0.05) is 50.5 Å². The van der Waals surface area contributed by atoms with E-state index in [1.807, 2.05) is 0 Å². The second-order valence-electron chi connectivity index (χ2n) is 11.9. The summed E-state index contributed by atoms with van der Waals surface area (Å²) in [6.07, 6.45) is -9.09. The van der Waals surface area contributed by atoms with Gasteiger partial charge >= 0.3 is 18.4 Å². The standard InChI is InChI=1S/C31H34F7N3O4/c1-17-11-22(32)5-8-24(17)26-16-41(27(42)19-3-6-23(7-4-19)39-29(44)45)10-9-25(26)28(43)40(2)15-18-12-20(30(33,34)35)14-21(13-18)31(36,37)38/h5,8,11-14,19,23,25-26,39H,3-4,6-7,9-10,15-16H2,1-2H3,(H,44,45)/t19?,23?,25-,26+/m1/s1. The number of carbonyl (C=O) groups excluding carboxylic acids is 2. The van der Waals surface area contributed by atoms with Gasteiger partial charge in [-0.2, -0.15) is 26.3 Å². The Balaban J connectivity index is 1.56. The fourth-order valence-corrected chi connectivity index (χ4v) is 6.48. The maximum Gasteiger partial charge on any atom is 0.416 e. The molecule has 1 saturated heterocycles. The number of amides is 3. The molecule has 2 fully saturated rings. The number of nitrogens with one attached hydrogen (secondary N) is 1. The Bertz CT molecular complexity index is 1390. The number of benzene rings is 2. The van der Waals surface area contributed by atoms with Gasteiger partial charge in [-0.15, -0.1) is 0 Å². The monoisotopic (exact) mass is 645 g/mol. The van der Waals surface area contributed by atoms with Crippen LogP contribution in [0.25, 0.3) is 0 Å². The molecular weight excluding hydrogens is 611 g/mol. The van der Waals surface area contributed by atoms with Gasteiger partial charge in [-0.1, -0.05) is 6.07 Å². The Morgan fingerprint density at radius 2 is 1.53 bits per heavy atom. The fourth-order valence-electron chi connectivity index (χ4n) is 6.48. The second kappa shape index (κ2) is 13.3. The largest absolute Gasteiger partial charge is 0.465 e. The lowest BCUT2D eigenvalue weighted by atomic mass is 9.77. The Kier molecular flexibility index (Phi) is 10.0. The van der Waals surface area contributed by atoms with Gasteiger partial charge < -0.3 is 20.2 Å². The molecule has 4 rings (SSSR count). The summed E-state index contributed by atoms with van der Waals surface area (Å²) in [6.45, 7) is 1.43. The molecule has 7 nitrogen and oxygen atoms in total. The molecule has 45 heavy (non-hydrogen) atoms. The van der Waals surface area contributed by atoms with Gasteiger partial charge in [0.25, 0.3) is 0 Å². The third-order valence-corrected chi connectivity index (χ3v) is 8.72. The van der Waals surface area contributed by atoms with E-state index in [0.717, 1.165) is 4.90 Å². The molecule has 0 radical (unpaired) electrons. The molecule has 0 bridgehead atoms. The lowest BCUT2D eigenvalue weighted by Crippen LogP contribution is -2.50. The van der Waals surface area contributed by atoms with E-state index in [9.17, 15) is 45.1 Å². The predicted molar refractivity (Wildman–Crippen MR) is 148 cm³/mol. The average molecular weight is 646 g/mol. The van der Waals surface area contributed by atoms with Gasteiger partial charge in [-0.05, 0) is 86.1 Å². The maximum atomic E-state index is 14.0. The molecule has 2 aliphatic rings. The van der Waals surface area contributed by atoms with E-state index < -0.39 is 59.7 Å². The molecule has 2 atom stereocenters. The van der Waals surface area contributed by atoms with Crippen LogP contribution in [0.15, 0.2) is 36.4 Å². The number of carbonyl (C=O) groups is 3. The van der Waals surface area contributed by atoms with E-state index in [2.05, 4.69) is 5.32 Å². The van der Waals surface area contributed by atoms with Crippen LogP contribution >= 0.6 is 0 Å². The fraction of sp³-hybridized carbons (Fsp3) is 0.516. The van der Waals surface area contributed by atoms with E-state index in [-0.39, 0.29) is 49.0 Å². The molecule has 0 spiro atoms. The first-order valence-corrected chi connectivity index (χ1v) is 14.5. The smallest absolute Gasteiger partial charge is 0.416 e. The highest BCUT2D eigenvalue weighted by Crippen LogP contribution is 2.39. The van der Waals surface area contributed by atoms with Crippen molar-refractivity contribution in [2.24, 2.45) is 11.8 Å². The third kappa shape index (κ3) is 8.26. The minimum atomic E-state index is -5.03. The van der Waals surface area contributed by atoms with Crippen LogP contribution in [-0.2, 0) is 28.5 Å². The molecule has 246 valence electrons. The van der Waals surface area contributed by atoms with Gasteiger partial charge in [-0.3, -0.25) is 9.59 Å². The molecule has 1 aliphatic heterocycles. The average Bonchev–Trinajstić information content (AvgIpc) is 2.95. The van der Waals surface area contributed by atoms with Gasteiger partial charge in [-0.25, -0.2) is 9.18 Å². The molecule has 14 heteroatoms. The van der Waals surface area contributed by atoms with Gasteiger partial charge in [0.2, 0.25) is 11.8 Å². The Labute approximate surface area is 255 Å². The zero-order valence-corrected chi connectivity index (χ0v) is 24.6. The molecular formula is C31H34F7N3O4. The van der Waals surface area contributed by atoms with E-state index >= 15 is 0 Å². The molecule has 2 aromatic rings. The summed E-state index contributed by atoms with van der Waals surface area (Å²) in [5.41, 5.74) is -2.17. The SMILES string of the molecule is Cc1cc(F)ccc1[C@@H]1CN(C(=O)C2CCC(NC(=O)O)CC2)CC[C@H]1C(=O)N(C)Cc1cc(C(F)(F)F)cc(C(F)(F)F)c1. The van der Waals surface area contributed by atoms with E-state index in [1.165, 1.54) is 25.2 Å². The van der Waals surface area contributed by atoms with Crippen molar-refractivity contribution < 1.29 is 50.2 Å². The second-order valence-corrected chi connectivity index (χ2v) is 11.9. The zero-order valence-electron chi connectivity index (χ0n) is 24.6. The topological polar surface area (TPSA) is 90.0 Å². The molecule has 3 amide bonds. The number of hydrogen-bond donors (Lipinski definition) is 2. The van der Waals surface area contributed by atoms with Crippen LogP contribution in [0, 0.1) is 24.6 Å². The van der Waals surface area contributed by atoms with Crippen LogP contribution in [0.5, 0.6) is 0 Å². The Morgan fingerprint density at radius 3 is 2.07 bits per heavy atom. The molecule has 0 aromatic heterocycles. The van der Waals surface area contributed by atoms with E-state index in [4.69, 9.17) is 5.11 Å². The Morgan fingerprint density at radius 1 is 0.933 bits per heavy atom. The summed E-state index contributed by atoms with van der Waals surface area (Å²) in [4.78, 5) is 41.0. The van der Waals surface area contributed by atoms with Crippen LogP contribution in [0.3, 0.4) is 0 Å². The summed E-state index contributed by atoms with van der Waals surface area (Å²) in [7, 11) is 1.30. The van der Waals surface area contributed by atoms with Crippen LogP contribution < -0.4 is 5.32 Å². The van der Waals surface area contributed by atoms with Crippen molar-refractivity contribution in [2.75, 3.05) is 20.1 Å². The number of piperidine rings is 1. The van der Waals surface area contributed by atoms with Gasteiger partial charge in [0.1, 0.15) is 5.82 Å². The molecule has 0 unspecified atom stereocenters. The molecule has 2 aromatic carbocycles. The zero-order chi connectivity index (χ0) is 33.3. The molecule has 1 saturated carbocycles. The molecule has 1 aliphatic carbocycles. The highest BCUT2D eigenvalue weighted by atomic mass is 19.4. The highest BCUT2D eigenvalue weighted by molar-refractivity contribution is 5.82. The van der Waals surface area contributed by atoms with Crippen LogP contribution in [0.2, 0.25) is 0 Å². The number of alkyl halides is 6. The summed E-state index contributed by atoms with van der Waals surface area (Å²) in [5, 5.41) is 11.4. The van der Waals surface area contributed by atoms with Crippen molar-refractivity contribution >= 4 is 17.9 Å². The van der Waals surface area contributed by atoms with Crippen molar-refractivity contribution in [2.45, 2.75) is 69.9 Å². The predicted octanol–water partition coefficient (Wildman–Crippen LogP) is 6.59. The van der Waals surface area contributed by atoms with Crippen molar-refractivity contribution in [3.63, 3.8) is 0 Å². The third-order valence-electron chi connectivity index (χ3n) is 8.72. The van der Waals surface area contributed by atoms with Crippen molar-refractivity contribution in [3.8, 4) is 0 Å². The normalized spacial score (nSPS) is 22.6. The van der Waals surface area contributed by atoms with Crippen molar-refractivity contribution in [3.05, 3.63) is 70.0 Å². The van der Waals surface area contributed by atoms with Crippen LogP contribution in [0.4, 0.5) is 35.5 Å². The first-order chi connectivity index (χ1) is 20.9. The number of likely N-dealkylation sites (tertiary alicyclic amines) is 1. The van der Waals surface area contributed by atoms with Crippen LogP contribution in [-0.4, -0.2) is 59.0 Å². The van der Waals surface area contributed by atoms with Gasteiger partial charge in [0.15, 0.2) is 0 Å². The van der Waals surface area contributed by atoms with E-state index in [1.54, 1.807) is 11.8 Å². The number of halogens is 7. The highest BCUT2D eigenvalue weighted by Gasteiger charge is 2.41. The summed E-state index contributed by atoms with van der Waals surface area (Å²) in [6, 6.07) is 5.00.